The molecule has 0 unspecified atom stereocenters. The number of rotatable bonds is 3. The molecule has 5 heteroatoms. The van der Waals surface area contributed by atoms with E-state index in [-0.39, 0.29) is 11.7 Å². The lowest BCUT2D eigenvalue weighted by Crippen LogP contribution is -2.26. The van der Waals surface area contributed by atoms with Crippen LogP contribution >= 0.6 is 0 Å². The van der Waals surface area contributed by atoms with Crippen molar-refractivity contribution >= 4 is 17.7 Å². The van der Waals surface area contributed by atoms with Gasteiger partial charge < -0.3 is 4.90 Å². The first-order valence-electron chi connectivity index (χ1n) is 6.18. The van der Waals surface area contributed by atoms with Gasteiger partial charge in [0.15, 0.2) is 0 Å². The van der Waals surface area contributed by atoms with Gasteiger partial charge in [0.1, 0.15) is 5.82 Å². The van der Waals surface area contributed by atoms with Crippen molar-refractivity contribution < 1.29 is 9.18 Å². The highest BCUT2D eigenvalue weighted by molar-refractivity contribution is 6.07. The number of hydrogen-bond donors (Lipinski definition) is 0. The maximum absolute atomic E-state index is 12.8. The lowest BCUT2D eigenvalue weighted by Gasteiger charge is -2.15. The second kappa shape index (κ2) is 5.69. The third-order valence-electron chi connectivity index (χ3n) is 2.97. The Balaban J connectivity index is 2.17. The standard InChI is InChI=1S/C15H16FN3O/c1-11(8-12-4-6-13(16)7-5-12)15(20)19(3)14-9-17-18(2)10-14/h4-10H,1-3H3. The molecule has 4 nitrogen and oxygen atoms in total. The zero-order valence-electron chi connectivity index (χ0n) is 11.7. The van der Waals surface area contributed by atoms with Gasteiger partial charge in [0.05, 0.1) is 11.9 Å². The average Bonchev–Trinajstić information content (AvgIpc) is 2.86. The second-order valence-corrected chi connectivity index (χ2v) is 4.62. The summed E-state index contributed by atoms with van der Waals surface area (Å²) in [5, 5.41) is 4.03. The molecule has 20 heavy (non-hydrogen) atoms. The van der Waals surface area contributed by atoms with Crippen molar-refractivity contribution in [2.75, 3.05) is 11.9 Å². The van der Waals surface area contributed by atoms with Crippen LogP contribution in [0.4, 0.5) is 10.1 Å². The van der Waals surface area contributed by atoms with Crippen molar-refractivity contribution in [1.29, 1.82) is 0 Å². The van der Waals surface area contributed by atoms with Gasteiger partial charge >= 0.3 is 0 Å². The minimum absolute atomic E-state index is 0.123. The molecule has 1 aromatic carbocycles. The summed E-state index contributed by atoms with van der Waals surface area (Å²) in [6.07, 6.45) is 5.13. The Hall–Kier alpha value is -2.43. The van der Waals surface area contributed by atoms with Crippen LogP contribution in [0.5, 0.6) is 0 Å². The van der Waals surface area contributed by atoms with Crippen molar-refractivity contribution in [2.24, 2.45) is 7.05 Å². The second-order valence-electron chi connectivity index (χ2n) is 4.62. The Morgan fingerprint density at radius 1 is 1.35 bits per heavy atom. The molecule has 0 saturated carbocycles. The predicted octanol–water partition coefficient (Wildman–Crippen LogP) is 2.63. The summed E-state index contributed by atoms with van der Waals surface area (Å²) in [6, 6.07) is 6.01. The van der Waals surface area contributed by atoms with E-state index < -0.39 is 0 Å². The summed E-state index contributed by atoms with van der Waals surface area (Å²) in [5.74, 6) is -0.416. The van der Waals surface area contributed by atoms with Gasteiger partial charge in [0, 0.05) is 25.9 Å². The number of carbonyl (C=O) groups is 1. The first kappa shape index (κ1) is 14.0. The molecule has 0 N–H and O–H groups in total. The highest BCUT2D eigenvalue weighted by Crippen LogP contribution is 2.15. The minimum atomic E-state index is -0.293. The number of nitrogens with zero attached hydrogens (tertiary/aromatic N) is 3. The first-order valence-corrected chi connectivity index (χ1v) is 6.18. The van der Waals surface area contributed by atoms with Gasteiger partial charge in [0.2, 0.25) is 0 Å². The van der Waals surface area contributed by atoms with Crippen LogP contribution in [0.15, 0.2) is 42.2 Å². The molecular weight excluding hydrogens is 257 g/mol. The number of carbonyl (C=O) groups excluding carboxylic acids is 1. The van der Waals surface area contributed by atoms with Crippen LogP contribution in [0.25, 0.3) is 6.08 Å². The number of benzene rings is 1. The third kappa shape index (κ3) is 3.12. The lowest BCUT2D eigenvalue weighted by molar-refractivity contribution is -0.114. The van der Waals surface area contributed by atoms with Crippen LogP contribution in [0.3, 0.4) is 0 Å². The van der Waals surface area contributed by atoms with E-state index in [2.05, 4.69) is 5.10 Å². The van der Waals surface area contributed by atoms with Crippen LogP contribution in [0, 0.1) is 5.82 Å². The quantitative estimate of drug-likeness (QED) is 0.806. The fraction of sp³-hybridized carbons (Fsp3) is 0.200. The van der Waals surface area contributed by atoms with Gasteiger partial charge in [0.25, 0.3) is 5.91 Å². The molecular formula is C15H16FN3O. The van der Waals surface area contributed by atoms with Crippen molar-refractivity contribution in [2.45, 2.75) is 6.92 Å². The number of aryl methyl sites for hydroxylation is 1. The topological polar surface area (TPSA) is 38.1 Å². The van der Waals surface area contributed by atoms with Gasteiger partial charge in [-0.1, -0.05) is 12.1 Å². The number of aromatic nitrogens is 2. The summed E-state index contributed by atoms with van der Waals surface area (Å²) >= 11 is 0. The molecule has 0 fully saturated rings. The number of likely N-dealkylation sites (N-methyl/N-ethyl adjacent to an activating group) is 1. The van der Waals surface area contributed by atoms with E-state index in [1.165, 1.54) is 17.0 Å². The fourth-order valence-electron chi connectivity index (χ4n) is 1.83. The maximum Gasteiger partial charge on any atom is 0.253 e. The zero-order chi connectivity index (χ0) is 14.7. The summed E-state index contributed by atoms with van der Waals surface area (Å²) < 4.78 is 14.5. The van der Waals surface area contributed by atoms with Crippen molar-refractivity contribution in [3.8, 4) is 0 Å². The predicted molar refractivity (Wildman–Crippen MR) is 76.7 cm³/mol. The molecule has 1 aromatic heterocycles. The van der Waals surface area contributed by atoms with Crippen molar-refractivity contribution in [3.05, 3.63) is 53.6 Å². The molecule has 1 heterocycles. The SMILES string of the molecule is CC(=Cc1ccc(F)cc1)C(=O)N(C)c1cnn(C)c1. The highest BCUT2D eigenvalue weighted by atomic mass is 19.1. The van der Waals surface area contributed by atoms with Crippen molar-refractivity contribution in [3.63, 3.8) is 0 Å². The molecule has 0 aliphatic rings. The molecule has 0 bridgehead atoms. The molecule has 104 valence electrons. The number of hydrogen-bond acceptors (Lipinski definition) is 2. The van der Waals surface area contributed by atoms with Gasteiger partial charge in [-0.15, -0.1) is 0 Å². The molecule has 0 radical (unpaired) electrons. The first-order chi connectivity index (χ1) is 9.47. The van der Waals surface area contributed by atoms with E-state index in [1.54, 1.807) is 56.3 Å². The van der Waals surface area contributed by atoms with Gasteiger partial charge in [-0.3, -0.25) is 9.48 Å². The van der Waals surface area contributed by atoms with Gasteiger partial charge in [-0.2, -0.15) is 5.10 Å². The number of halogens is 1. The lowest BCUT2D eigenvalue weighted by atomic mass is 10.1. The molecule has 2 rings (SSSR count). The van der Waals surface area contributed by atoms with Gasteiger partial charge in [-0.25, -0.2) is 4.39 Å². The Morgan fingerprint density at radius 2 is 2.00 bits per heavy atom. The molecule has 1 amide bonds. The molecule has 0 aliphatic carbocycles. The Labute approximate surface area is 117 Å². The molecule has 0 atom stereocenters. The van der Waals surface area contributed by atoms with Crippen LogP contribution in [-0.4, -0.2) is 22.7 Å². The third-order valence-corrected chi connectivity index (χ3v) is 2.97. The fourth-order valence-corrected chi connectivity index (χ4v) is 1.83. The Morgan fingerprint density at radius 3 is 2.55 bits per heavy atom. The smallest absolute Gasteiger partial charge is 0.253 e. The largest absolute Gasteiger partial charge is 0.309 e. The molecule has 0 aliphatic heterocycles. The highest BCUT2D eigenvalue weighted by Gasteiger charge is 2.14. The summed E-state index contributed by atoms with van der Waals surface area (Å²) in [6.45, 7) is 1.73. The maximum atomic E-state index is 12.8. The van der Waals surface area contributed by atoms with E-state index >= 15 is 0 Å². The van der Waals surface area contributed by atoms with E-state index in [9.17, 15) is 9.18 Å². The molecule has 0 saturated heterocycles. The minimum Gasteiger partial charge on any atom is -0.309 e. The van der Waals surface area contributed by atoms with Crippen LogP contribution in [0.2, 0.25) is 0 Å². The summed E-state index contributed by atoms with van der Waals surface area (Å²) in [5.41, 5.74) is 2.09. The zero-order valence-corrected chi connectivity index (χ0v) is 11.7. The normalized spacial score (nSPS) is 11.5. The summed E-state index contributed by atoms with van der Waals surface area (Å²) in [7, 11) is 3.49. The Bertz CT molecular complexity index is 643. The Kier molecular flexibility index (Phi) is 3.98. The average molecular weight is 273 g/mol. The van der Waals surface area contributed by atoms with Gasteiger partial charge in [-0.05, 0) is 30.7 Å². The molecule has 0 spiro atoms. The van der Waals surface area contributed by atoms with E-state index in [4.69, 9.17) is 0 Å². The number of amides is 1. The van der Waals surface area contributed by atoms with Crippen LogP contribution < -0.4 is 4.90 Å². The molecule has 2 aromatic rings. The number of anilines is 1. The monoisotopic (exact) mass is 273 g/mol. The van der Waals surface area contributed by atoms with Crippen LogP contribution in [0.1, 0.15) is 12.5 Å². The summed E-state index contributed by atoms with van der Waals surface area (Å²) in [4.78, 5) is 13.8. The van der Waals surface area contributed by atoms with Crippen LogP contribution in [-0.2, 0) is 11.8 Å². The van der Waals surface area contributed by atoms with E-state index in [1.807, 2.05) is 0 Å². The van der Waals surface area contributed by atoms with E-state index in [0.29, 0.717) is 5.57 Å². The van der Waals surface area contributed by atoms with Crippen molar-refractivity contribution in [1.82, 2.24) is 9.78 Å². The van der Waals surface area contributed by atoms with E-state index in [0.717, 1.165) is 11.3 Å².